The lowest BCUT2D eigenvalue weighted by molar-refractivity contribution is 0.453. The molecule has 0 bridgehead atoms. The highest BCUT2D eigenvalue weighted by Gasteiger charge is 2.19. The summed E-state index contributed by atoms with van der Waals surface area (Å²) in [5.74, 6) is 0.885. The highest BCUT2D eigenvalue weighted by molar-refractivity contribution is 5.54. The average Bonchev–Trinajstić information content (AvgIpc) is 3.06. The molecule has 3 aromatic heterocycles. The summed E-state index contributed by atoms with van der Waals surface area (Å²) in [4.78, 5) is 4.15. The van der Waals surface area contributed by atoms with Crippen molar-refractivity contribution in [2.24, 2.45) is 0 Å². The number of rotatable bonds is 4. The topological polar surface area (TPSA) is 55.4 Å². The van der Waals surface area contributed by atoms with Gasteiger partial charge in [-0.25, -0.2) is 4.52 Å². The Balaban J connectivity index is 2.10. The first kappa shape index (κ1) is 11.0. The quantitative estimate of drug-likeness (QED) is 0.760. The maximum Gasteiger partial charge on any atom is 0.125 e. The minimum absolute atomic E-state index is 0.00620. The predicted molar refractivity (Wildman–Crippen MR) is 67.2 cm³/mol. The van der Waals surface area contributed by atoms with E-state index in [9.17, 15) is 0 Å². The maximum atomic E-state index is 5.50. The molecular weight excluding hydrogens is 228 g/mol. The van der Waals surface area contributed by atoms with Crippen LogP contribution in [0.5, 0.6) is 0 Å². The first-order valence-corrected chi connectivity index (χ1v) is 5.94. The zero-order chi connectivity index (χ0) is 12.4. The molecule has 1 N–H and O–H groups in total. The van der Waals surface area contributed by atoms with E-state index >= 15 is 0 Å². The lowest BCUT2D eigenvalue weighted by Gasteiger charge is -2.14. The summed E-state index contributed by atoms with van der Waals surface area (Å²) in [6.45, 7) is 2.92. The van der Waals surface area contributed by atoms with E-state index in [0.717, 1.165) is 23.4 Å². The van der Waals surface area contributed by atoms with Gasteiger partial charge in [0.2, 0.25) is 0 Å². The number of aromatic nitrogens is 3. The van der Waals surface area contributed by atoms with Crippen LogP contribution in [0.25, 0.3) is 5.52 Å². The minimum atomic E-state index is 0.00620. The van der Waals surface area contributed by atoms with Crippen molar-refractivity contribution in [2.45, 2.75) is 13.0 Å². The van der Waals surface area contributed by atoms with Crippen molar-refractivity contribution in [3.8, 4) is 0 Å². The van der Waals surface area contributed by atoms with Gasteiger partial charge in [-0.3, -0.25) is 4.98 Å². The van der Waals surface area contributed by atoms with E-state index in [1.54, 1.807) is 12.5 Å². The van der Waals surface area contributed by atoms with Crippen molar-refractivity contribution >= 4 is 5.52 Å². The molecule has 0 amide bonds. The Bertz CT molecular complexity index is 629. The molecule has 5 nitrogen and oxygen atoms in total. The van der Waals surface area contributed by atoms with Gasteiger partial charge < -0.3 is 9.73 Å². The lowest BCUT2D eigenvalue weighted by Crippen LogP contribution is -2.21. The standard InChI is InChI=1S/C13H14N4O/c1-2-15-13(12-4-3-7-18-12)10-8-16-17-6-5-14-9-11(10)17/h3-9,13,15H,2H2,1H3. The van der Waals surface area contributed by atoms with Gasteiger partial charge in [0.1, 0.15) is 5.76 Å². The second kappa shape index (κ2) is 4.62. The van der Waals surface area contributed by atoms with E-state index in [1.165, 1.54) is 0 Å². The van der Waals surface area contributed by atoms with E-state index in [-0.39, 0.29) is 6.04 Å². The van der Waals surface area contributed by atoms with E-state index in [0.29, 0.717) is 0 Å². The summed E-state index contributed by atoms with van der Waals surface area (Å²) in [5, 5.41) is 7.73. The van der Waals surface area contributed by atoms with Gasteiger partial charge in [0.15, 0.2) is 0 Å². The van der Waals surface area contributed by atoms with Gasteiger partial charge >= 0.3 is 0 Å². The van der Waals surface area contributed by atoms with Gasteiger partial charge in [0.05, 0.1) is 30.2 Å². The minimum Gasteiger partial charge on any atom is -0.467 e. The molecule has 0 radical (unpaired) electrons. The van der Waals surface area contributed by atoms with Gasteiger partial charge in [-0.05, 0) is 18.7 Å². The van der Waals surface area contributed by atoms with E-state index in [1.807, 2.05) is 35.2 Å². The predicted octanol–water partition coefficient (Wildman–Crippen LogP) is 2.02. The Hall–Kier alpha value is -2.14. The zero-order valence-electron chi connectivity index (χ0n) is 10.1. The van der Waals surface area contributed by atoms with Gasteiger partial charge in [-0.1, -0.05) is 6.92 Å². The second-order valence-corrected chi connectivity index (χ2v) is 4.01. The molecule has 3 heterocycles. The normalized spacial score (nSPS) is 12.9. The lowest BCUT2D eigenvalue weighted by atomic mass is 10.1. The van der Waals surface area contributed by atoms with Gasteiger partial charge in [0, 0.05) is 18.0 Å². The van der Waals surface area contributed by atoms with E-state index in [4.69, 9.17) is 4.42 Å². The average molecular weight is 242 g/mol. The van der Waals surface area contributed by atoms with Crippen LogP contribution in [-0.4, -0.2) is 21.1 Å². The molecule has 3 aromatic rings. The van der Waals surface area contributed by atoms with Gasteiger partial charge in [-0.15, -0.1) is 0 Å². The molecule has 5 heteroatoms. The Morgan fingerprint density at radius 3 is 3.17 bits per heavy atom. The monoisotopic (exact) mass is 242 g/mol. The number of hydrogen-bond acceptors (Lipinski definition) is 4. The molecule has 18 heavy (non-hydrogen) atoms. The SMILES string of the molecule is CCNC(c1ccco1)c1cnn2ccncc12. The van der Waals surface area contributed by atoms with Crippen molar-refractivity contribution in [2.75, 3.05) is 6.54 Å². The molecule has 0 aliphatic heterocycles. The largest absolute Gasteiger partial charge is 0.467 e. The number of fused-ring (bicyclic) bond motifs is 1. The first-order chi connectivity index (χ1) is 8.90. The fraction of sp³-hybridized carbons (Fsp3) is 0.231. The Labute approximate surface area is 104 Å². The number of furan rings is 1. The van der Waals surface area contributed by atoms with Crippen molar-refractivity contribution in [1.29, 1.82) is 0 Å². The van der Waals surface area contributed by atoms with Crippen molar-refractivity contribution in [3.63, 3.8) is 0 Å². The smallest absolute Gasteiger partial charge is 0.125 e. The molecule has 0 aliphatic rings. The summed E-state index contributed by atoms with van der Waals surface area (Å²) in [5.41, 5.74) is 2.06. The molecule has 1 atom stereocenters. The third-order valence-electron chi connectivity index (χ3n) is 2.90. The third kappa shape index (κ3) is 1.78. The van der Waals surface area contributed by atoms with Crippen molar-refractivity contribution < 1.29 is 4.42 Å². The molecule has 0 aromatic carbocycles. The fourth-order valence-corrected chi connectivity index (χ4v) is 2.10. The second-order valence-electron chi connectivity index (χ2n) is 4.01. The Kier molecular flexibility index (Phi) is 2.82. The summed E-state index contributed by atoms with van der Waals surface area (Å²) >= 11 is 0. The van der Waals surface area contributed by atoms with Crippen LogP contribution in [0, 0.1) is 0 Å². The highest BCUT2D eigenvalue weighted by atomic mass is 16.3. The van der Waals surface area contributed by atoms with Crippen LogP contribution in [0.2, 0.25) is 0 Å². The van der Waals surface area contributed by atoms with Crippen LogP contribution in [0.1, 0.15) is 24.3 Å². The molecule has 0 saturated carbocycles. The zero-order valence-corrected chi connectivity index (χ0v) is 10.1. The summed E-state index contributed by atoms with van der Waals surface area (Å²) in [6, 6.07) is 3.86. The van der Waals surface area contributed by atoms with Crippen LogP contribution < -0.4 is 5.32 Å². The molecule has 92 valence electrons. The molecule has 3 rings (SSSR count). The molecule has 0 saturated heterocycles. The summed E-state index contributed by atoms with van der Waals surface area (Å²) in [7, 11) is 0. The van der Waals surface area contributed by atoms with Gasteiger partial charge in [-0.2, -0.15) is 5.10 Å². The number of nitrogens with zero attached hydrogens (tertiary/aromatic N) is 3. The number of hydrogen-bond donors (Lipinski definition) is 1. The van der Waals surface area contributed by atoms with E-state index < -0.39 is 0 Å². The highest BCUT2D eigenvalue weighted by Crippen LogP contribution is 2.25. The van der Waals surface area contributed by atoms with Crippen LogP contribution in [0.15, 0.2) is 47.6 Å². The van der Waals surface area contributed by atoms with Crippen LogP contribution in [0.4, 0.5) is 0 Å². The first-order valence-electron chi connectivity index (χ1n) is 5.94. The van der Waals surface area contributed by atoms with Crippen LogP contribution >= 0.6 is 0 Å². The van der Waals surface area contributed by atoms with Crippen molar-refractivity contribution in [3.05, 3.63) is 54.5 Å². The molecular formula is C13H14N4O. The summed E-state index contributed by atoms with van der Waals surface area (Å²) < 4.78 is 7.32. The summed E-state index contributed by atoms with van der Waals surface area (Å²) in [6.07, 6.45) is 8.91. The molecule has 1 unspecified atom stereocenters. The van der Waals surface area contributed by atoms with Gasteiger partial charge in [0.25, 0.3) is 0 Å². The molecule has 0 spiro atoms. The van der Waals surface area contributed by atoms with E-state index in [2.05, 4.69) is 22.3 Å². The number of nitrogens with one attached hydrogen (secondary N) is 1. The Morgan fingerprint density at radius 2 is 2.39 bits per heavy atom. The fourth-order valence-electron chi connectivity index (χ4n) is 2.10. The Morgan fingerprint density at radius 1 is 1.44 bits per heavy atom. The molecule has 0 fully saturated rings. The van der Waals surface area contributed by atoms with Crippen LogP contribution in [-0.2, 0) is 0 Å². The maximum absolute atomic E-state index is 5.50. The van der Waals surface area contributed by atoms with Crippen LogP contribution in [0.3, 0.4) is 0 Å². The molecule has 0 aliphatic carbocycles. The third-order valence-corrected chi connectivity index (χ3v) is 2.90. The van der Waals surface area contributed by atoms with Crippen molar-refractivity contribution in [1.82, 2.24) is 19.9 Å².